The fourth-order valence-electron chi connectivity index (χ4n) is 10.4. The number of unbranched alkanes of at least 4 members (excludes halogenated alkanes) is 48. The molecule has 0 aliphatic carbocycles. The second kappa shape index (κ2) is 64.4. The molecule has 0 spiro atoms. The maximum atomic E-state index is 12.9. The molecule has 1 unspecified atom stereocenters. The summed E-state index contributed by atoms with van der Waals surface area (Å²) in [5.41, 5.74) is 0. The largest absolute Gasteiger partial charge is 0.462 e. The Morgan fingerprint density at radius 2 is 0.480 bits per heavy atom. The topological polar surface area (TPSA) is 78.9 Å². The number of rotatable bonds is 63. The van der Waals surface area contributed by atoms with Gasteiger partial charge in [0.05, 0.1) is 0 Å². The van der Waals surface area contributed by atoms with Gasteiger partial charge < -0.3 is 14.2 Å². The number of carbonyl (C=O) groups is 3. The molecule has 0 radical (unpaired) electrons. The Morgan fingerprint density at radius 3 is 0.760 bits per heavy atom. The molecule has 0 aliphatic rings. The molecule has 442 valence electrons. The summed E-state index contributed by atoms with van der Waals surface area (Å²) < 4.78 is 17.0. The Morgan fingerprint density at radius 1 is 0.267 bits per heavy atom. The molecule has 0 saturated heterocycles. The van der Waals surface area contributed by atoms with Crippen LogP contribution in [0.5, 0.6) is 0 Å². The average molecular weight is 1060 g/mol. The third kappa shape index (κ3) is 62.6. The van der Waals surface area contributed by atoms with E-state index in [-0.39, 0.29) is 31.1 Å². The molecule has 0 bridgehead atoms. The van der Waals surface area contributed by atoms with E-state index in [9.17, 15) is 14.4 Å². The van der Waals surface area contributed by atoms with Gasteiger partial charge in [-0.1, -0.05) is 334 Å². The van der Waals surface area contributed by atoms with Crippen LogP contribution < -0.4 is 0 Å². The zero-order valence-electron chi connectivity index (χ0n) is 50.8. The van der Waals surface area contributed by atoms with Gasteiger partial charge in [0.1, 0.15) is 13.2 Å². The monoisotopic (exact) mass is 1050 g/mol. The lowest BCUT2D eigenvalue weighted by Crippen LogP contribution is -2.30. The molecule has 75 heavy (non-hydrogen) atoms. The Kier molecular flexibility index (Phi) is 62.6. The van der Waals surface area contributed by atoms with Crippen molar-refractivity contribution in [2.45, 2.75) is 386 Å². The molecule has 0 N–H and O–H groups in total. The van der Waals surface area contributed by atoms with Crippen molar-refractivity contribution in [1.82, 2.24) is 0 Å². The Hall–Kier alpha value is -2.11. The van der Waals surface area contributed by atoms with Crippen molar-refractivity contribution in [2.75, 3.05) is 13.2 Å². The van der Waals surface area contributed by atoms with E-state index in [0.717, 1.165) is 70.6 Å². The van der Waals surface area contributed by atoms with Gasteiger partial charge in [-0.05, 0) is 51.4 Å². The van der Waals surface area contributed by atoms with Gasteiger partial charge in [-0.15, -0.1) is 0 Å². The highest BCUT2D eigenvalue weighted by molar-refractivity contribution is 5.71. The van der Waals surface area contributed by atoms with Crippen molar-refractivity contribution in [1.29, 1.82) is 0 Å². The fraction of sp³-hybridized carbons (Fsp3) is 0.899. The number of carbonyl (C=O) groups excluding carboxylic acids is 3. The van der Waals surface area contributed by atoms with E-state index in [2.05, 4.69) is 45.1 Å². The zero-order valence-corrected chi connectivity index (χ0v) is 50.8. The van der Waals surface area contributed by atoms with Gasteiger partial charge in [0.2, 0.25) is 0 Å². The minimum absolute atomic E-state index is 0.0683. The summed E-state index contributed by atoms with van der Waals surface area (Å²) in [6.07, 6.45) is 77.7. The van der Waals surface area contributed by atoms with Crippen LogP contribution in [0.15, 0.2) is 24.3 Å². The molecular weight excluding hydrogens is 925 g/mol. The Labute approximate surface area is 468 Å². The smallest absolute Gasteiger partial charge is 0.306 e. The molecule has 0 aliphatic heterocycles. The second-order valence-electron chi connectivity index (χ2n) is 23.1. The minimum Gasteiger partial charge on any atom is -0.462 e. The molecule has 6 nitrogen and oxygen atoms in total. The van der Waals surface area contributed by atoms with Gasteiger partial charge in [0.15, 0.2) is 6.10 Å². The molecule has 0 heterocycles. The van der Waals surface area contributed by atoms with E-state index in [1.807, 2.05) is 0 Å². The quantitative estimate of drug-likeness (QED) is 0.0261. The molecule has 0 aromatic carbocycles. The Bertz CT molecular complexity index is 1210. The van der Waals surface area contributed by atoms with E-state index in [0.29, 0.717) is 19.3 Å². The van der Waals surface area contributed by atoms with Crippen molar-refractivity contribution in [3.63, 3.8) is 0 Å². The standard InChI is InChI=1S/C69H130O6/c1-4-7-10-13-16-19-22-25-28-30-31-32-33-34-35-36-37-38-40-41-44-47-50-53-56-59-62-68(71)74-65-66(64-73-67(70)61-58-55-52-49-46-43-27-24-21-18-15-12-9-6-3)75-69(72)63-60-57-54-51-48-45-42-39-29-26-23-20-17-14-11-8-5-2/h17,20,26,29,66H,4-16,18-19,21-25,27-28,30-65H2,1-3H3/b20-17-,29-26-. The fourth-order valence-corrected chi connectivity index (χ4v) is 10.4. The van der Waals surface area contributed by atoms with E-state index < -0.39 is 6.10 Å². The van der Waals surface area contributed by atoms with E-state index in [1.165, 1.54) is 270 Å². The van der Waals surface area contributed by atoms with Crippen molar-refractivity contribution >= 4 is 17.9 Å². The van der Waals surface area contributed by atoms with Crippen LogP contribution >= 0.6 is 0 Å². The third-order valence-electron chi connectivity index (χ3n) is 15.5. The first-order chi connectivity index (χ1) is 37.0. The first-order valence-electron chi connectivity index (χ1n) is 33.8. The second-order valence-corrected chi connectivity index (χ2v) is 23.1. The van der Waals surface area contributed by atoms with Crippen LogP contribution in [0.25, 0.3) is 0 Å². The number of esters is 3. The molecule has 0 aromatic rings. The normalized spacial score (nSPS) is 12.1. The van der Waals surface area contributed by atoms with Gasteiger partial charge in [-0.2, -0.15) is 0 Å². The molecule has 0 rings (SSSR count). The summed E-state index contributed by atoms with van der Waals surface area (Å²) in [6.45, 7) is 6.68. The van der Waals surface area contributed by atoms with Gasteiger partial charge in [-0.25, -0.2) is 0 Å². The van der Waals surface area contributed by atoms with Crippen LogP contribution in [-0.4, -0.2) is 37.2 Å². The summed E-state index contributed by atoms with van der Waals surface area (Å²) in [5.74, 6) is -0.847. The highest BCUT2D eigenvalue weighted by Crippen LogP contribution is 2.18. The maximum absolute atomic E-state index is 12.9. The third-order valence-corrected chi connectivity index (χ3v) is 15.5. The predicted molar refractivity (Wildman–Crippen MR) is 326 cm³/mol. The van der Waals surface area contributed by atoms with Gasteiger partial charge in [0, 0.05) is 19.3 Å². The van der Waals surface area contributed by atoms with Crippen molar-refractivity contribution in [3.8, 4) is 0 Å². The SMILES string of the molecule is CCCCC/C=C\C/C=C\CCCCCCCCCC(=O)OC(COC(=O)CCCCCCCCCCCCCCCC)COC(=O)CCCCCCCCCCCCCCCCCCCCCCCCCCCC. The lowest BCUT2D eigenvalue weighted by Gasteiger charge is -2.18. The molecule has 0 amide bonds. The lowest BCUT2D eigenvalue weighted by atomic mass is 10.0. The molecule has 0 fully saturated rings. The lowest BCUT2D eigenvalue weighted by molar-refractivity contribution is -0.167. The number of hydrogen-bond donors (Lipinski definition) is 0. The molecule has 0 aromatic heterocycles. The summed E-state index contributed by atoms with van der Waals surface area (Å²) in [4.78, 5) is 38.3. The number of hydrogen-bond acceptors (Lipinski definition) is 6. The molecular formula is C69H130O6. The summed E-state index contributed by atoms with van der Waals surface area (Å²) in [7, 11) is 0. The number of allylic oxidation sites excluding steroid dienone is 4. The summed E-state index contributed by atoms with van der Waals surface area (Å²) in [6, 6.07) is 0. The molecule has 6 heteroatoms. The van der Waals surface area contributed by atoms with E-state index in [4.69, 9.17) is 14.2 Å². The van der Waals surface area contributed by atoms with Crippen LogP contribution in [-0.2, 0) is 28.6 Å². The van der Waals surface area contributed by atoms with Crippen molar-refractivity contribution < 1.29 is 28.6 Å². The average Bonchev–Trinajstić information content (AvgIpc) is 3.41. The van der Waals surface area contributed by atoms with Crippen LogP contribution in [0.3, 0.4) is 0 Å². The first-order valence-corrected chi connectivity index (χ1v) is 33.8. The number of ether oxygens (including phenoxy) is 3. The van der Waals surface area contributed by atoms with Gasteiger partial charge >= 0.3 is 17.9 Å². The minimum atomic E-state index is -0.772. The molecule has 1 atom stereocenters. The zero-order chi connectivity index (χ0) is 54.3. The summed E-state index contributed by atoms with van der Waals surface area (Å²) in [5, 5.41) is 0. The highest BCUT2D eigenvalue weighted by Gasteiger charge is 2.19. The first kappa shape index (κ1) is 72.9. The summed E-state index contributed by atoms with van der Waals surface area (Å²) >= 11 is 0. The van der Waals surface area contributed by atoms with E-state index >= 15 is 0 Å². The van der Waals surface area contributed by atoms with Gasteiger partial charge in [-0.3, -0.25) is 14.4 Å². The highest BCUT2D eigenvalue weighted by atomic mass is 16.6. The van der Waals surface area contributed by atoms with Crippen LogP contribution in [0, 0.1) is 0 Å². The van der Waals surface area contributed by atoms with Crippen LogP contribution in [0.2, 0.25) is 0 Å². The van der Waals surface area contributed by atoms with Gasteiger partial charge in [0.25, 0.3) is 0 Å². The van der Waals surface area contributed by atoms with Crippen molar-refractivity contribution in [3.05, 3.63) is 24.3 Å². The van der Waals surface area contributed by atoms with Crippen LogP contribution in [0.1, 0.15) is 380 Å². The van der Waals surface area contributed by atoms with Crippen molar-refractivity contribution in [2.24, 2.45) is 0 Å². The Balaban J connectivity index is 4.21. The predicted octanol–water partition coefficient (Wildman–Crippen LogP) is 23.0. The van der Waals surface area contributed by atoms with E-state index in [1.54, 1.807) is 0 Å². The van der Waals surface area contributed by atoms with Crippen LogP contribution in [0.4, 0.5) is 0 Å². The maximum Gasteiger partial charge on any atom is 0.306 e. The molecule has 0 saturated carbocycles.